The Labute approximate surface area is 151 Å². The number of hydrogen-bond donors (Lipinski definition) is 1. The van der Waals surface area contributed by atoms with Crippen molar-refractivity contribution in [2.75, 3.05) is 19.9 Å². The van der Waals surface area contributed by atoms with E-state index in [4.69, 9.17) is 14.2 Å². The predicted octanol–water partition coefficient (Wildman–Crippen LogP) is 1.47. The van der Waals surface area contributed by atoms with Gasteiger partial charge >= 0.3 is 0 Å². The molecule has 0 spiro atoms. The molecule has 3 atom stereocenters. The van der Waals surface area contributed by atoms with E-state index in [0.29, 0.717) is 18.1 Å². The van der Waals surface area contributed by atoms with Crippen molar-refractivity contribution in [3.8, 4) is 11.5 Å². The fourth-order valence-electron chi connectivity index (χ4n) is 4.02. The lowest BCUT2D eigenvalue weighted by atomic mass is 9.81. The standard InChI is InChI=1S/C19H23NO6/c21-13(8-20-18(22)14-3-1-2-4-15(14)19(20)23)10-24-9-12-5-6-16-17(7-12)26-11-25-16/h5-7,13-15,21H,1-4,8-11H2/t13-,14-,15+/m0/s1. The van der Waals surface area contributed by atoms with Crippen molar-refractivity contribution < 1.29 is 28.9 Å². The Hall–Kier alpha value is -2.12. The number of aliphatic hydroxyl groups excluding tert-OH is 1. The first-order valence-corrected chi connectivity index (χ1v) is 9.13. The minimum absolute atomic E-state index is 0.00576. The number of aliphatic hydroxyl groups is 1. The number of β-amino-alcohol motifs (C(OH)–C–C–N with tert-alkyl or cyclic N) is 1. The van der Waals surface area contributed by atoms with E-state index in [0.717, 1.165) is 31.2 Å². The molecule has 0 unspecified atom stereocenters. The van der Waals surface area contributed by atoms with Gasteiger partial charge in [0.2, 0.25) is 18.6 Å². The van der Waals surface area contributed by atoms with Crippen molar-refractivity contribution in [2.45, 2.75) is 38.4 Å². The maximum absolute atomic E-state index is 12.4. The number of rotatable bonds is 6. The summed E-state index contributed by atoms with van der Waals surface area (Å²) in [6.45, 7) is 0.589. The molecule has 3 aliphatic rings. The van der Waals surface area contributed by atoms with Crippen LogP contribution in [0.3, 0.4) is 0 Å². The molecule has 4 rings (SSSR count). The van der Waals surface area contributed by atoms with E-state index in [9.17, 15) is 14.7 Å². The van der Waals surface area contributed by atoms with E-state index in [1.54, 1.807) is 0 Å². The van der Waals surface area contributed by atoms with Crippen molar-refractivity contribution in [3.05, 3.63) is 23.8 Å². The Kier molecular flexibility index (Phi) is 4.82. The van der Waals surface area contributed by atoms with E-state index in [1.807, 2.05) is 18.2 Å². The third-order valence-electron chi connectivity index (χ3n) is 5.34. The number of ether oxygens (including phenoxy) is 3. The molecule has 7 heteroatoms. The summed E-state index contributed by atoms with van der Waals surface area (Å²) in [7, 11) is 0. The summed E-state index contributed by atoms with van der Waals surface area (Å²) in [5, 5.41) is 10.2. The van der Waals surface area contributed by atoms with Gasteiger partial charge in [0.25, 0.3) is 0 Å². The van der Waals surface area contributed by atoms with Gasteiger partial charge in [-0.05, 0) is 30.5 Å². The normalized spacial score (nSPS) is 25.5. The van der Waals surface area contributed by atoms with Crippen molar-refractivity contribution in [3.63, 3.8) is 0 Å². The molecule has 1 aliphatic carbocycles. The van der Waals surface area contributed by atoms with E-state index in [2.05, 4.69) is 0 Å². The number of carbonyl (C=O) groups is 2. The van der Waals surface area contributed by atoms with Crippen LogP contribution in [0.15, 0.2) is 18.2 Å². The van der Waals surface area contributed by atoms with Crippen LogP contribution in [0, 0.1) is 11.8 Å². The van der Waals surface area contributed by atoms with Crippen molar-refractivity contribution in [1.29, 1.82) is 0 Å². The van der Waals surface area contributed by atoms with Crippen molar-refractivity contribution in [1.82, 2.24) is 4.90 Å². The van der Waals surface area contributed by atoms with E-state index >= 15 is 0 Å². The molecule has 26 heavy (non-hydrogen) atoms. The molecule has 0 aromatic heterocycles. The van der Waals surface area contributed by atoms with Crippen LogP contribution in [0.25, 0.3) is 0 Å². The Morgan fingerprint density at radius 3 is 2.54 bits per heavy atom. The molecular weight excluding hydrogens is 338 g/mol. The van der Waals surface area contributed by atoms with Gasteiger partial charge in [-0.3, -0.25) is 14.5 Å². The average Bonchev–Trinajstić information content (AvgIpc) is 3.21. The second-order valence-electron chi connectivity index (χ2n) is 7.14. The highest BCUT2D eigenvalue weighted by molar-refractivity contribution is 6.05. The molecule has 0 radical (unpaired) electrons. The number of fused-ring (bicyclic) bond motifs is 2. The molecule has 1 aromatic rings. The van der Waals surface area contributed by atoms with Gasteiger partial charge in [0.05, 0.1) is 37.7 Å². The molecule has 2 aliphatic heterocycles. The second kappa shape index (κ2) is 7.25. The van der Waals surface area contributed by atoms with Gasteiger partial charge in [0.15, 0.2) is 11.5 Å². The molecule has 1 N–H and O–H groups in total. The maximum atomic E-state index is 12.4. The van der Waals surface area contributed by atoms with Crippen molar-refractivity contribution >= 4 is 11.8 Å². The molecule has 2 amide bonds. The number of carbonyl (C=O) groups excluding carboxylic acids is 2. The molecule has 7 nitrogen and oxygen atoms in total. The van der Waals surface area contributed by atoms with E-state index in [1.165, 1.54) is 4.90 Å². The minimum Gasteiger partial charge on any atom is -0.454 e. The van der Waals surface area contributed by atoms with Crippen LogP contribution in [-0.4, -0.2) is 47.9 Å². The molecule has 1 saturated heterocycles. The molecule has 140 valence electrons. The number of benzene rings is 1. The number of imide groups is 1. The minimum atomic E-state index is -0.892. The molecule has 1 saturated carbocycles. The van der Waals surface area contributed by atoms with Crippen LogP contribution in [0.5, 0.6) is 11.5 Å². The maximum Gasteiger partial charge on any atom is 0.233 e. The topological polar surface area (TPSA) is 85.3 Å². The third kappa shape index (κ3) is 3.29. The summed E-state index contributed by atoms with van der Waals surface area (Å²) in [6.07, 6.45) is 2.66. The van der Waals surface area contributed by atoms with Crippen LogP contribution >= 0.6 is 0 Å². The van der Waals surface area contributed by atoms with Crippen molar-refractivity contribution in [2.24, 2.45) is 11.8 Å². The highest BCUT2D eigenvalue weighted by atomic mass is 16.7. The monoisotopic (exact) mass is 361 g/mol. The van der Waals surface area contributed by atoms with Crippen LogP contribution in [-0.2, 0) is 20.9 Å². The van der Waals surface area contributed by atoms with Gasteiger partial charge in [-0.1, -0.05) is 18.9 Å². The van der Waals surface area contributed by atoms with Gasteiger partial charge in [-0.15, -0.1) is 0 Å². The number of amides is 2. The summed E-state index contributed by atoms with van der Waals surface area (Å²) in [5.41, 5.74) is 0.904. The van der Waals surface area contributed by atoms with Crippen LogP contribution in [0.4, 0.5) is 0 Å². The zero-order valence-corrected chi connectivity index (χ0v) is 14.6. The van der Waals surface area contributed by atoms with Crippen LogP contribution < -0.4 is 9.47 Å². The Bertz CT molecular complexity index is 681. The summed E-state index contributed by atoms with van der Waals surface area (Å²) in [4.78, 5) is 26.1. The molecule has 1 aromatic carbocycles. The van der Waals surface area contributed by atoms with Gasteiger partial charge < -0.3 is 19.3 Å². The smallest absolute Gasteiger partial charge is 0.233 e. The average molecular weight is 361 g/mol. The highest BCUT2D eigenvalue weighted by Gasteiger charge is 2.48. The number of likely N-dealkylation sites (tertiary alicyclic amines) is 1. The zero-order valence-electron chi connectivity index (χ0n) is 14.6. The fraction of sp³-hybridized carbons (Fsp3) is 0.579. The van der Waals surface area contributed by atoms with Gasteiger partial charge in [0, 0.05) is 0 Å². The first-order chi connectivity index (χ1) is 12.6. The van der Waals surface area contributed by atoms with Crippen LogP contribution in [0.2, 0.25) is 0 Å². The highest BCUT2D eigenvalue weighted by Crippen LogP contribution is 2.38. The fourth-order valence-corrected chi connectivity index (χ4v) is 4.02. The predicted molar refractivity (Wildman–Crippen MR) is 90.4 cm³/mol. The second-order valence-corrected chi connectivity index (χ2v) is 7.14. The summed E-state index contributed by atoms with van der Waals surface area (Å²) in [6, 6.07) is 5.53. The molecule has 2 fully saturated rings. The zero-order chi connectivity index (χ0) is 18.1. The first kappa shape index (κ1) is 17.3. The molecular formula is C19H23NO6. The van der Waals surface area contributed by atoms with E-state index in [-0.39, 0.29) is 43.6 Å². The number of hydrogen-bond acceptors (Lipinski definition) is 6. The van der Waals surface area contributed by atoms with Crippen LogP contribution in [0.1, 0.15) is 31.2 Å². The summed E-state index contributed by atoms with van der Waals surface area (Å²) in [5.74, 6) is 0.767. The Morgan fingerprint density at radius 1 is 1.12 bits per heavy atom. The molecule has 0 bridgehead atoms. The first-order valence-electron chi connectivity index (χ1n) is 9.13. The lowest BCUT2D eigenvalue weighted by molar-refractivity contribution is -0.142. The summed E-state index contributed by atoms with van der Waals surface area (Å²) >= 11 is 0. The lowest BCUT2D eigenvalue weighted by Crippen LogP contribution is -2.39. The SMILES string of the molecule is O=C1[C@H]2CCCC[C@H]2C(=O)N1C[C@H](O)COCc1ccc2c(c1)OCO2. The lowest BCUT2D eigenvalue weighted by Gasteiger charge is -2.19. The molecule has 2 heterocycles. The third-order valence-corrected chi connectivity index (χ3v) is 5.34. The number of nitrogens with zero attached hydrogens (tertiary/aromatic N) is 1. The Balaban J connectivity index is 1.27. The summed E-state index contributed by atoms with van der Waals surface area (Å²) < 4.78 is 16.1. The van der Waals surface area contributed by atoms with E-state index < -0.39 is 6.10 Å². The quantitative estimate of drug-likeness (QED) is 0.773. The van der Waals surface area contributed by atoms with Gasteiger partial charge in [-0.2, -0.15) is 0 Å². The van der Waals surface area contributed by atoms with Gasteiger partial charge in [0.1, 0.15) is 0 Å². The van der Waals surface area contributed by atoms with Gasteiger partial charge in [-0.25, -0.2) is 0 Å². The Morgan fingerprint density at radius 2 is 1.81 bits per heavy atom. The largest absolute Gasteiger partial charge is 0.454 e.